The lowest BCUT2D eigenvalue weighted by atomic mass is 10.0. The minimum Gasteiger partial charge on any atom is -0.494 e. The van der Waals surface area contributed by atoms with Gasteiger partial charge in [0, 0.05) is 0 Å². The molecule has 1 atom stereocenters. The number of carboxylic acid groups (broad SMARTS) is 1. The molecule has 1 rings (SSSR count). The third kappa shape index (κ3) is 3.20. The second-order valence-electron chi connectivity index (χ2n) is 4.16. The summed E-state index contributed by atoms with van der Waals surface area (Å²) in [7, 11) is 3.51. The van der Waals surface area contributed by atoms with Gasteiger partial charge in [-0.1, -0.05) is 12.1 Å². The number of ether oxygens (including phenoxy) is 1. The van der Waals surface area contributed by atoms with Crippen molar-refractivity contribution in [3.8, 4) is 5.75 Å². The molecule has 0 saturated heterocycles. The number of aliphatic carboxylic acids is 1. The number of rotatable bonds is 5. The molecular formula is C13H19NO3. The molecule has 17 heavy (non-hydrogen) atoms. The number of carboxylic acids is 1. The number of hydrogen-bond donors (Lipinski definition) is 1. The van der Waals surface area contributed by atoms with E-state index >= 15 is 0 Å². The van der Waals surface area contributed by atoms with Crippen LogP contribution >= 0.6 is 0 Å². The first kappa shape index (κ1) is 13.5. The van der Waals surface area contributed by atoms with Crippen molar-refractivity contribution in [2.45, 2.75) is 19.9 Å². The summed E-state index contributed by atoms with van der Waals surface area (Å²) < 4.78 is 5.43. The summed E-state index contributed by atoms with van der Waals surface area (Å²) in [4.78, 5) is 12.9. The van der Waals surface area contributed by atoms with Crippen molar-refractivity contribution in [1.82, 2.24) is 4.90 Å². The Balaban J connectivity index is 3.06. The highest BCUT2D eigenvalue weighted by Crippen LogP contribution is 2.25. The molecule has 0 aliphatic heterocycles. The summed E-state index contributed by atoms with van der Waals surface area (Å²) in [6.07, 6.45) is 0. The van der Waals surface area contributed by atoms with Crippen molar-refractivity contribution in [2.24, 2.45) is 0 Å². The molecule has 0 fully saturated rings. The fourth-order valence-corrected chi connectivity index (χ4v) is 1.82. The lowest BCUT2D eigenvalue weighted by Crippen LogP contribution is -2.27. The molecule has 94 valence electrons. The zero-order valence-electron chi connectivity index (χ0n) is 10.7. The van der Waals surface area contributed by atoms with Crippen molar-refractivity contribution in [3.05, 3.63) is 29.3 Å². The summed E-state index contributed by atoms with van der Waals surface area (Å²) in [6, 6.07) is 4.87. The first-order valence-electron chi connectivity index (χ1n) is 5.60. The number of likely N-dealkylation sites (N-methyl/N-ethyl adjacent to an activating group) is 1. The van der Waals surface area contributed by atoms with Crippen LogP contribution in [0.2, 0.25) is 0 Å². The van der Waals surface area contributed by atoms with Crippen molar-refractivity contribution in [1.29, 1.82) is 0 Å². The Labute approximate surface area is 102 Å². The van der Waals surface area contributed by atoms with Gasteiger partial charge in [0.2, 0.25) is 0 Å². The predicted octanol–water partition coefficient (Wildman–Crippen LogP) is 2.08. The number of carbonyl (C=O) groups is 1. The molecular weight excluding hydrogens is 218 g/mol. The smallest absolute Gasteiger partial charge is 0.325 e. The van der Waals surface area contributed by atoms with Crippen LogP contribution in [0.15, 0.2) is 18.2 Å². The highest BCUT2D eigenvalue weighted by molar-refractivity contribution is 5.75. The monoisotopic (exact) mass is 237 g/mol. The molecule has 0 aliphatic carbocycles. The van der Waals surface area contributed by atoms with Gasteiger partial charge < -0.3 is 9.84 Å². The zero-order valence-corrected chi connectivity index (χ0v) is 10.7. The van der Waals surface area contributed by atoms with Gasteiger partial charge in [0.1, 0.15) is 11.8 Å². The summed E-state index contributed by atoms with van der Waals surface area (Å²) in [5.41, 5.74) is 1.72. The minimum absolute atomic E-state index is 0.607. The van der Waals surface area contributed by atoms with E-state index in [1.807, 2.05) is 26.0 Å². The topological polar surface area (TPSA) is 49.8 Å². The molecule has 4 heteroatoms. The molecule has 0 aromatic heterocycles. The first-order valence-corrected chi connectivity index (χ1v) is 5.60. The standard InChI is InChI=1S/C13H19NO3/c1-5-17-11-7-6-10(8-9(11)2)12(13(15)16)14(3)4/h6-8,12H,5H2,1-4H3,(H,15,16). The Morgan fingerprint density at radius 2 is 2.12 bits per heavy atom. The normalized spacial score (nSPS) is 12.5. The van der Waals surface area contributed by atoms with E-state index in [2.05, 4.69) is 0 Å². The number of hydrogen-bond acceptors (Lipinski definition) is 3. The van der Waals surface area contributed by atoms with E-state index in [0.717, 1.165) is 16.9 Å². The summed E-state index contributed by atoms with van der Waals surface area (Å²) in [6.45, 7) is 4.45. The fourth-order valence-electron chi connectivity index (χ4n) is 1.82. The minimum atomic E-state index is -0.849. The molecule has 0 aliphatic rings. The van der Waals surface area contributed by atoms with Crippen LogP contribution in [0.3, 0.4) is 0 Å². The lowest BCUT2D eigenvalue weighted by molar-refractivity contribution is -0.142. The average Bonchev–Trinajstić information content (AvgIpc) is 2.21. The molecule has 0 spiro atoms. The summed E-state index contributed by atoms with van der Waals surface area (Å²) in [5, 5.41) is 9.19. The van der Waals surface area contributed by atoms with E-state index in [1.54, 1.807) is 25.1 Å². The Morgan fingerprint density at radius 3 is 2.53 bits per heavy atom. The van der Waals surface area contributed by atoms with E-state index in [4.69, 9.17) is 4.74 Å². The van der Waals surface area contributed by atoms with Gasteiger partial charge in [-0.15, -0.1) is 0 Å². The summed E-state index contributed by atoms with van der Waals surface area (Å²) in [5.74, 6) is -0.0438. The predicted molar refractivity (Wildman–Crippen MR) is 66.4 cm³/mol. The van der Waals surface area contributed by atoms with Gasteiger partial charge in [0.15, 0.2) is 0 Å². The van der Waals surface area contributed by atoms with Crippen LogP contribution in [0.5, 0.6) is 5.75 Å². The van der Waals surface area contributed by atoms with Crippen LogP contribution in [-0.4, -0.2) is 36.7 Å². The lowest BCUT2D eigenvalue weighted by Gasteiger charge is -2.21. The average molecular weight is 237 g/mol. The van der Waals surface area contributed by atoms with Gasteiger partial charge in [0.25, 0.3) is 0 Å². The Hall–Kier alpha value is -1.55. The first-order chi connectivity index (χ1) is 7.97. The Kier molecular flexibility index (Phi) is 4.52. The second-order valence-corrected chi connectivity index (χ2v) is 4.16. The third-order valence-electron chi connectivity index (χ3n) is 2.56. The van der Waals surface area contributed by atoms with Gasteiger partial charge in [-0.3, -0.25) is 9.69 Å². The third-order valence-corrected chi connectivity index (χ3v) is 2.56. The maximum absolute atomic E-state index is 11.2. The zero-order chi connectivity index (χ0) is 13.0. The van der Waals surface area contributed by atoms with Crippen LogP contribution in [0.1, 0.15) is 24.1 Å². The molecule has 1 unspecified atom stereocenters. The molecule has 0 radical (unpaired) electrons. The van der Waals surface area contributed by atoms with Gasteiger partial charge in [-0.2, -0.15) is 0 Å². The summed E-state index contributed by atoms with van der Waals surface area (Å²) >= 11 is 0. The van der Waals surface area contributed by atoms with Crippen LogP contribution in [0.4, 0.5) is 0 Å². The van der Waals surface area contributed by atoms with Crippen LogP contribution in [-0.2, 0) is 4.79 Å². The van der Waals surface area contributed by atoms with E-state index in [1.165, 1.54) is 0 Å². The SMILES string of the molecule is CCOc1ccc(C(C(=O)O)N(C)C)cc1C. The molecule has 1 N–H and O–H groups in total. The highest BCUT2D eigenvalue weighted by atomic mass is 16.5. The maximum Gasteiger partial charge on any atom is 0.325 e. The molecule has 0 amide bonds. The fraction of sp³-hybridized carbons (Fsp3) is 0.462. The highest BCUT2D eigenvalue weighted by Gasteiger charge is 2.22. The van der Waals surface area contributed by atoms with Gasteiger partial charge in [-0.25, -0.2) is 0 Å². The molecule has 1 aromatic rings. The number of benzene rings is 1. The van der Waals surface area contributed by atoms with Crippen molar-refractivity contribution in [3.63, 3.8) is 0 Å². The largest absolute Gasteiger partial charge is 0.494 e. The quantitative estimate of drug-likeness (QED) is 0.851. The van der Waals surface area contributed by atoms with Gasteiger partial charge >= 0.3 is 5.97 Å². The molecule has 0 bridgehead atoms. The van der Waals surface area contributed by atoms with Gasteiger partial charge in [0.05, 0.1) is 6.61 Å². The Morgan fingerprint density at radius 1 is 1.47 bits per heavy atom. The van der Waals surface area contributed by atoms with Crippen molar-refractivity contribution in [2.75, 3.05) is 20.7 Å². The van der Waals surface area contributed by atoms with E-state index < -0.39 is 12.0 Å². The van der Waals surface area contributed by atoms with Crippen molar-refractivity contribution < 1.29 is 14.6 Å². The van der Waals surface area contributed by atoms with Crippen LogP contribution < -0.4 is 4.74 Å². The molecule has 0 heterocycles. The Bertz CT molecular complexity index is 402. The molecule has 1 aromatic carbocycles. The number of aryl methyl sites for hydroxylation is 1. The molecule has 4 nitrogen and oxygen atoms in total. The van der Waals surface area contributed by atoms with E-state index in [-0.39, 0.29) is 0 Å². The van der Waals surface area contributed by atoms with E-state index in [9.17, 15) is 9.90 Å². The van der Waals surface area contributed by atoms with Crippen molar-refractivity contribution >= 4 is 5.97 Å². The van der Waals surface area contributed by atoms with Crippen LogP contribution in [0, 0.1) is 6.92 Å². The molecule has 0 saturated carbocycles. The maximum atomic E-state index is 11.2. The van der Waals surface area contributed by atoms with Crippen LogP contribution in [0.25, 0.3) is 0 Å². The second kappa shape index (κ2) is 5.68. The number of nitrogens with zero attached hydrogens (tertiary/aromatic N) is 1. The van der Waals surface area contributed by atoms with E-state index in [0.29, 0.717) is 6.61 Å². The van der Waals surface area contributed by atoms with Gasteiger partial charge in [-0.05, 0) is 45.1 Å².